The summed E-state index contributed by atoms with van der Waals surface area (Å²) < 4.78 is 0. The average molecular weight is 508 g/mol. The van der Waals surface area contributed by atoms with Gasteiger partial charge in [0.15, 0.2) is 5.78 Å². The van der Waals surface area contributed by atoms with Gasteiger partial charge in [-0.1, -0.05) is 53.8 Å². The van der Waals surface area contributed by atoms with Gasteiger partial charge in [0.2, 0.25) is 0 Å². The minimum absolute atomic E-state index is 0.000917. The average Bonchev–Trinajstić information content (AvgIpc) is 3.15. The number of ketones is 1. The van der Waals surface area contributed by atoms with E-state index in [0.29, 0.717) is 58.9 Å². The van der Waals surface area contributed by atoms with Gasteiger partial charge in [-0.05, 0) is 49.2 Å². The number of unbranched alkanes of at least 4 members (excludes halogenated alkanes) is 1. The van der Waals surface area contributed by atoms with Crippen LogP contribution in [0.2, 0.25) is 5.02 Å². The number of fused-ring (bicyclic) bond motifs is 2. The SMILES string of the molecule is Nc1ncc2ccc(Cl)cc2c1C#Cc1ccc(C(=O)CCCCN2C(=O)c3ccccc3C2=O)cc1. The number of rotatable bonds is 6. The fourth-order valence-electron chi connectivity index (χ4n) is 4.35. The number of nitrogens with two attached hydrogens (primary N) is 1. The highest BCUT2D eigenvalue weighted by Crippen LogP contribution is 2.25. The Morgan fingerprint density at radius 1 is 0.919 bits per heavy atom. The fraction of sp³-hybridized carbons (Fsp3) is 0.133. The molecule has 5 rings (SSSR count). The van der Waals surface area contributed by atoms with Crippen molar-refractivity contribution in [3.05, 3.63) is 106 Å². The Balaban J connectivity index is 1.18. The number of carbonyl (C=O) groups excluding carboxylic acids is 3. The number of imide groups is 1. The number of nitrogen functional groups attached to an aromatic ring is 1. The summed E-state index contributed by atoms with van der Waals surface area (Å²) >= 11 is 6.14. The van der Waals surface area contributed by atoms with E-state index in [1.165, 1.54) is 4.90 Å². The van der Waals surface area contributed by atoms with E-state index in [-0.39, 0.29) is 17.6 Å². The Kier molecular flexibility index (Phi) is 6.72. The number of anilines is 1. The molecule has 0 atom stereocenters. The highest BCUT2D eigenvalue weighted by molar-refractivity contribution is 6.31. The maximum Gasteiger partial charge on any atom is 0.261 e. The molecule has 0 saturated heterocycles. The zero-order chi connectivity index (χ0) is 25.9. The molecule has 2 heterocycles. The normalized spacial score (nSPS) is 12.4. The van der Waals surface area contributed by atoms with Gasteiger partial charge in [-0.3, -0.25) is 19.3 Å². The van der Waals surface area contributed by atoms with Gasteiger partial charge in [0.25, 0.3) is 11.8 Å². The van der Waals surface area contributed by atoms with E-state index in [1.807, 2.05) is 12.1 Å². The number of aromatic nitrogens is 1. The van der Waals surface area contributed by atoms with Gasteiger partial charge < -0.3 is 5.73 Å². The molecular formula is C30H22ClN3O3. The van der Waals surface area contributed by atoms with Gasteiger partial charge in [-0.15, -0.1) is 0 Å². The zero-order valence-electron chi connectivity index (χ0n) is 19.8. The molecule has 0 spiro atoms. The Labute approximate surface area is 219 Å². The van der Waals surface area contributed by atoms with E-state index in [1.54, 1.807) is 60.8 Å². The van der Waals surface area contributed by atoms with Crippen LogP contribution >= 0.6 is 11.6 Å². The number of amides is 2. The van der Waals surface area contributed by atoms with Crippen LogP contribution < -0.4 is 5.73 Å². The standard InChI is InChI=1S/C30H22ClN3O3/c31-22-14-13-21-18-33-28(32)23(26(21)17-22)15-10-19-8-11-20(12-9-19)27(35)7-3-4-16-34-29(36)24-5-1-2-6-25(24)30(34)37/h1-2,5-6,8-9,11-14,17-18H,3-4,7,16H2,(H2,32,33). The first kappa shape index (κ1) is 24.2. The summed E-state index contributed by atoms with van der Waals surface area (Å²) in [6.45, 7) is 0.297. The quantitative estimate of drug-likeness (QED) is 0.160. The number of halogens is 1. The second-order valence-electron chi connectivity index (χ2n) is 8.77. The lowest BCUT2D eigenvalue weighted by atomic mass is 10.0. The predicted molar refractivity (Wildman–Crippen MR) is 144 cm³/mol. The number of Topliss-reactive ketones (excluding diaryl/α,β-unsaturated/α-hetero) is 1. The van der Waals surface area contributed by atoms with Gasteiger partial charge in [-0.25, -0.2) is 4.98 Å². The molecule has 0 aliphatic carbocycles. The molecule has 182 valence electrons. The number of carbonyl (C=O) groups is 3. The molecule has 37 heavy (non-hydrogen) atoms. The van der Waals surface area contributed by atoms with E-state index in [4.69, 9.17) is 17.3 Å². The summed E-state index contributed by atoms with van der Waals surface area (Å²) in [4.78, 5) is 43.0. The minimum Gasteiger partial charge on any atom is -0.383 e. The third kappa shape index (κ3) is 4.95. The monoisotopic (exact) mass is 507 g/mol. The third-order valence-electron chi connectivity index (χ3n) is 6.34. The summed E-state index contributed by atoms with van der Waals surface area (Å²) in [7, 11) is 0. The Morgan fingerprint density at radius 3 is 2.32 bits per heavy atom. The van der Waals surface area contributed by atoms with Gasteiger partial charge in [-0.2, -0.15) is 0 Å². The van der Waals surface area contributed by atoms with Crippen LogP contribution in [0.3, 0.4) is 0 Å². The molecule has 3 aromatic carbocycles. The zero-order valence-corrected chi connectivity index (χ0v) is 20.6. The molecule has 7 heteroatoms. The molecule has 4 aromatic rings. The molecule has 1 aliphatic rings. The first-order valence-electron chi connectivity index (χ1n) is 11.9. The lowest BCUT2D eigenvalue weighted by Crippen LogP contribution is -2.30. The van der Waals surface area contributed by atoms with Crippen LogP contribution in [-0.4, -0.2) is 34.0 Å². The van der Waals surface area contributed by atoms with Crippen molar-refractivity contribution in [1.82, 2.24) is 9.88 Å². The smallest absolute Gasteiger partial charge is 0.261 e. The second kappa shape index (κ2) is 10.3. The number of nitrogens with zero attached hydrogens (tertiary/aromatic N) is 2. The van der Waals surface area contributed by atoms with E-state index in [0.717, 1.165) is 16.3 Å². The molecule has 2 N–H and O–H groups in total. The van der Waals surface area contributed by atoms with Crippen molar-refractivity contribution >= 4 is 45.8 Å². The van der Waals surface area contributed by atoms with Crippen LogP contribution in [0.4, 0.5) is 5.82 Å². The van der Waals surface area contributed by atoms with Crippen molar-refractivity contribution < 1.29 is 14.4 Å². The first-order valence-corrected chi connectivity index (χ1v) is 12.2. The Morgan fingerprint density at radius 2 is 1.62 bits per heavy atom. The minimum atomic E-state index is -0.271. The van der Waals surface area contributed by atoms with E-state index < -0.39 is 0 Å². The molecular weight excluding hydrogens is 486 g/mol. The maximum atomic E-state index is 12.6. The van der Waals surface area contributed by atoms with Crippen LogP contribution in [0.25, 0.3) is 10.8 Å². The number of hydrogen-bond acceptors (Lipinski definition) is 5. The van der Waals surface area contributed by atoms with E-state index in [9.17, 15) is 14.4 Å². The Bertz CT molecular complexity index is 1580. The van der Waals surface area contributed by atoms with Crippen molar-refractivity contribution in [2.75, 3.05) is 12.3 Å². The Hall–Kier alpha value is -4.47. The predicted octanol–water partition coefficient (Wildman–Crippen LogP) is 5.52. The number of benzene rings is 3. The van der Waals surface area contributed by atoms with Crippen molar-refractivity contribution in [1.29, 1.82) is 0 Å². The fourth-order valence-corrected chi connectivity index (χ4v) is 4.52. The van der Waals surface area contributed by atoms with Gasteiger partial charge >= 0.3 is 0 Å². The maximum absolute atomic E-state index is 12.6. The molecule has 6 nitrogen and oxygen atoms in total. The van der Waals surface area contributed by atoms with Crippen LogP contribution in [0, 0.1) is 11.8 Å². The lowest BCUT2D eigenvalue weighted by molar-refractivity contribution is 0.0652. The van der Waals surface area contributed by atoms with Crippen molar-refractivity contribution in [3.63, 3.8) is 0 Å². The third-order valence-corrected chi connectivity index (χ3v) is 6.57. The van der Waals surface area contributed by atoms with Gasteiger partial charge in [0, 0.05) is 46.1 Å². The molecule has 0 fully saturated rings. The van der Waals surface area contributed by atoms with Gasteiger partial charge in [0.1, 0.15) is 5.82 Å². The van der Waals surface area contributed by atoms with Crippen molar-refractivity contribution in [2.24, 2.45) is 0 Å². The number of hydrogen-bond donors (Lipinski definition) is 1. The summed E-state index contributed by atoms with van der Waals surface area (Å²) in [5, 5.41) is 2.32. The van der Waals surface area contributed by atoms with E-state index in [2.05, 4.69) is 16.8 Å². The topological polar surface area (TPSA) is 93.4 Å². The molecule has 0 radical (unpaired) electrons. The summed E-state index contributed by atoms with van der Waals surface area (Å²) in [6.07, 6.45) is 3.15. The summed E-state index contributed by atoms with van der Waals surface area (Å²) in [6, 6.07) is 19.4. The van der Waals surface area contributed by atoms with Crippen LogP contribution in [-0.2, 0) is 0 Å². The molecule has 1 aliphatic heterocycles. The van der Waals surface area contributed by atoms with Crippen LogP contribution in [0.5, 0.6) is 0 Å². The van der Waals surface area contributed by atoms with Crippen LogP contribution in [0.1, 0.15) is 61.5 Å². The van der Waals surface area contributed by atoms with Crippen molar-refractivity contribution in [2.45, 2.75) is 19.3 Å². The number of pyridine rings is 1. The van der Waals surface area contributed by atoms with Gasteiger partial charge in [0.05, 0.1) is 16.7 Å². The molecule has 0 saturated carbocycles. The highest BCUT2D eigenvalue weighted by Gasteiger charge is 2.34. The molecule has 0 bridgehead atoms. The largest absolute Gasteiger partial charge is 0.383 e. The van der Waals surface area contributed by atoms with E-state index >= 15 is 0 Å². The molecule has 2 amide bonds. The summed E-state index contributed by atoms with van der Waals surface area (Å²) in [5.74, 6) is 5.96. The summed E-state index contributed by atoms with van der Waals surface area (Å²) in [5.41, 5.74) is 8.87. The molecule has 1 aromatic heterocycles. The molecule has 0 unspecified atom stereocenters. The van der Waals surface area contributed by atoms with Crippen molar-refractivity contribution in [3.8, 4) is 11.8 Å². The second-order valence-corrected chi connectivity index (χ2v) is 9.20. The lowest BCUT2D eigenvalue weighted by Gasteiger charge is -2.13. The highest BCUT2D eigenvalue weighted by atomic mass is 35.5. The first-order chi connectivity index (χ1) is 17.9. The van der Waals surface area contributed by atoms with Crippen LogP contribution in [0.15, 0.2) is 72.9 Å².